The first kappa shape index (κ1) is 26.9. The number of carbonyl (C=O) groups excluding carboxylic acids is 2. The molecule has 1 aliphatic rings. The molecule has 0 unspecified atom stereocenters. The average Bonchev–Trinajstić information content (AvgIpc) is 3.56. The predicted octanol–water partition coefficient (Wildman–Crippen LogP) is 3.85. The van der Waals surface area contributed by atoms with Crippen molar-refractivity contribution >= 4 is 29.4 Å². The van der Waals surface area contributed by atoms with E-state index in [0.29, 0.717) is 49.0 Å². The van der Waals surface area contributed by atoms with Crippen LogP contribution in [0.1, 0.15) is 41.6 Å². The second-order valence-corrected chi connectivity index (χ2v) is 9.86. The van der Waals surface area contributed by atoms with Crippen LogP contribution in [-0.4, -0.2) is 37.3 Å². The molecular formula is C30H26N2O7S. The molecule has 204 valence electrons. The molecule has 0 amide bonds. The number of hydrogen-bond acceptors (Lipinski definition) is 9. The molecule has 40 heavy (non-hydrogen) atoms. The summed E-state index contributed by atoms with van der Waals surface area (Å²) in [4.78, 5) is 43.8. The smallest absolute Gasteiger partial charge is 0.338 e. The highest BCUT2D eigenvalue weighted by Crippen LogP contribution is 2.31. The number of nitrogens with zero attached hydrogens (tertiary/aromatic N) is 2. The quantitative estimate of drug-likeness (QED) is 0.317. The van der Waals surface area contributed by atoms with E-state index in [0.717, 1.165) is 5.56 Å². The van der Waals surface area contributed by atoms with Crippen LogP contribution >= 0.6 is 11.3 Å². The minimum atomic E-state index is -0.725. The minimum Gasteiger partial charge on any atom is -0.497 e. The Labute approximate surface area is 233 Å². The minimum absolute atomic E-state index is 0.193. The van der Waals surface area contributed by atoms with Crippen LogP contribution in [0, 0.1) is 0 Å². The van der Waals surface area contributed by atoms with Crippen molar-refractivity contribution in [1.82, 2.24) is 4.57 Å². The second-order valence-electron chi connectivity index (χ2n) is 8.85. The number of hydrogen-bond donors (Lipinski definition) is 0. The van der Waals surface area contributed by atoms with Crippen LogP contribution in [0.4, 0.5) is 0 Å². The fraction of sp³-hybridized carbons (Fsp3) is 0.200. The van der Waals surface area contributed by atoms with Crippen molar-refractivity contribution in [2.24, 2.45) is 4.99 Å². The molecule has 4 aromatic rings. The molecule has 0 N–H and O–H groups in total. The monoisotopic (exact) mass is 558 g/mol. The van der Waals surface area contributed by atoms with E-state index >= 15 is 0 Å². The van der Waals surface area contributed by atoms with Crippen molar-refractivity contribution in [3.05, 3.63) is 109 Å². The third-order valence-corrected chi connectivity index (χ3v) is 7.40. The summed E-state index contributed by atoms with van der Waals surface area (Å²) in [7, 11) is 2.90. The molecule has 0 bridgehead atoms. The number of furan rings is 1. The number of fused-ring (bicyclic) bond motifs is 1. The highest BCUT2D eigenvalue weighted by atomic mass is 32.1. The zero-order chi connectivity index (χ0) is 28.4. The van der Waals surface area contributed by atoms with Gasteiger partial charge in [0.25, 0.3) is 5.56 Å². The number of benzene rings is 2. The van der Waals surface area contributed by atoms with Gasteiger partial charge in [0.1, 0.15) is 17.3 Å². The Kier molecular flexibility index (Phi) is 7.52. The number of allylic oxidation sites excluding steroid dienone is 1. The van der Waals surface area contributed by atoms with Gasteiger partial charge in [0.2, 0.25) is 0 Å². The standard InChI is InChI=1S/C30H26N2O7S/c1-5-38-29(35)25-17(2)31-30-32(26(25)18-9-11-21(36-3)12-10-18)27(33)24(40-30)16-22-13-14-23(39-22)19-7-6-8-20(15-19)28(34)37-4/h6-16,26H,5H2,1-4H3/b24-16-/t26-/m1/s1. The lowest BCUT2D eigenvalue weighted by Crippen LogP contribution is -2.39. The van der Waals surface area contributed by atoms with Gasteiger partial charge in [-0.15, -0.1) is 0 Å². The van der Waals surface area contributed by atoms with E-state index in [-0.39, 0.29) is 12.2 Å². The first-order chi connectivity index (χ1) is 19.3. The summed E-state index contributed by atoms with van der Waals surface area (Å²) in [6.07, 6.45) is 1.64. The Hall–Kier alpha value is -4.70. The predicted molar refractivity (Wildman–Crippen MR) is 149 cm³/mol. The van der Waals surface area contributed by atoms with Gasteiger partial charge in [0.05, 0.1) is 48.2 Å². The maximum Gasteiger partial charge on any atom is 0.338 e. The molecule has 10 heteroatoms. The third-order valence-electron chi connectivity index (χ3n) is 6.42. The SMILES string of the molecule is CCOC(=O)C1=C(C)N=c2s/c(=C\c3ccc(-c4cccc(C(=O)OC)c4)o3)c(=O)n2[C@@H]1c1ccc(OC)cc1. The van der Waals surface area contributed by atoms with E-state index in [1.165, 1.54) is 23.0 Å². The molecule has 0 fully saturated rings. The number of ether oxygens (including phenoxy) is 3. The maximum absolute atomic E-state index is 13.8. The van der Waals surface area contributed by atoms with Crippen LogP contribution in [0.2, 0.25) is 0 Å². The molecule has 0 aliphatic carbocycles. The van der Waals surface area contributed by atoms with Crippen LogP contribution in [0.15, 0.2) is 86.1 Å². The summed E-state index contributed by atoms with van der Waals surface area (Å²) in [6.45, 7) is 3.66. The largest absolute Gasteiger partial charge is 0.497 e. The van der Waals surface area contributed by atoms with Gasteiger partial charge in [0, 0.05) is 11.6 Å². The van der Waals surface area contributed by atoms with E-state index < -0.39 is 18.0 Å². The number of aromatic nitrogens is 1. The molecule has 0 saturated carbocycles. The highest BCUT2D eigenvalue weighted by Gasteiger charge is 2.33. The molecule has 0 spiro atoms. The van der Waals surface area contributed by atoms with Crippen molar-refractivity contribution in [1.29, 1.82) is 0 Å². The Bertz CT molecular complexity index is 1810. The zero-order valence-corrected chi connectivity index (χ0v) is 23.1. The maximum atomic E-state index is 13.8. The molecule has 2 aromatic heterocycles. The molecule has 2 aromatic carbocycles. The van der Waals surface area contributed by atoms with Crippen LogP contribution in [0.5, 0.6) is 5.75 Å². The van der Waals surface area contributed by atoms with Gasteiger partial charge in [-0.3, -0.25) is 9.36 Å². The van der Waals surface area contributed by atoms with Crippen molar-refractivity contribution in [2.75, 3.05) is 20.8 Å². The third kappa shape index (κ3) is 5.01. The molecule has 0 radical (unpaired) electrons. The van der Waals surface area contributed by atoms with Gasteiger partial charge in [-0.05, 0) is 55.8 Å². The Balaban J connectivity index is 1.59. The first-order valence-corrected chi connectivity index (χ1v) is 13.3. The lowest BCUT2D eigenvalue weighted by molar-refractivity contribution is -0.139. The molecule has 3 heterocycles. The van der Waals surface area contributed by atoms with Crippen molar-refractivity contribution in [2.45, 2.75) is 19.9 Å². The fourth-order valence-corrected chi connectivity index (χ4v) is 5.55. The van der Waals surface area contributed by atoms with E-state index in [4.69, 9.17) is 18.6 Å². The van der Waals surface area contributed by atoms with E-state index in [1.54, 1.807) is 69.5 Å². The van der Waals surface area contributed by atoms with Gasteiger partial charge >= 0.3 is 11.9 Å². The Morgan fingerprint density at radius 1 is 1.07 bits per heavy atom. The number of thiazole rings is 1. The first-order valence-electron chi connectivity index (χ1n) is 12.5. The van der Waals surface area contributed by atoms with Gasteiger partial charge in [-0.25, -0.2) is 14.6 Å². The van der Waals surface area contributed by atoms with Crippen molar-refractivity contribution in [3.63, 3.8) is 0 Å². The van der Waals surface area contributed by atoms with Crippen LogP contribution < -0.4 is 19.6 Å². The molecule has 0 saturated heterocycles. The molecule has 9 nitrogen and oxygen atoms in total. The second kappa shape index (κ2) is 11.2. The van der Waals surface area contributed by atoms with Gasteiger partial charge in [-0.2, -0.15) is 0 Å². The van der Waals surface area contributed by atoms with Gasteiger partial charge in [-0.1, -0.05) is 35.6 Å². The summed E-state index contributed by atoms with van der Waals surface area (Å²) < 4.78 is 23.3. The average molecular weight is 559 g/mol. The zero-order valence-electron chi connectivity index (χ0n) is 22.3. The molecule has 5 rings (SSSR count). The summed E-state index contributed by atoms with van der Waals surface area (Å²) in [5.41, 5.74) is 2.28. The van der Waals surface area contributed by atoms with Crippen LogP contribution in [0.25, 0.3) is 17.4 Å². The lowest BCUT2D eigenvalue weighted by atomic mass is 9.96. The number of methoxy groups -OCH3 is 2. The molecular weight excluding hydrogens is 532 g/mol. The fourth-order valence-electron chi connectivity index (χ4n) is 4.53. The van der Waals surface area contributed by atoms with Crippen molar-refractivity contribution < 1.29 is 28.2 Å². The summed E-state index contributed by atoms with van der Waals surface area (Å²) >= 11 is 1.20. The summed E-state index contributed by atoms with van der Waals surface area (Å²) in [5, 5.41) is 0. The molecule has 1 aliphatic heterocycles. The van der Waals surface area contributed by atoms with Crippen LogP contribution in [-0.2, 0) is 14.3 Å². The van der Waals surface area contributed by atoms with Crippen molar-refractivity contribution in [3.8, 4) is 17.1 Å². The number of esters is 2. The van der Waals surface area contributed by atoms with Crippen LogP contribution in [0.3, 0.4) is 0 Å². The lowest BCUT2D eigenvalue weighted by Gasteiger charge is -2.24. The summed E-state index contributed by atoms with van der Waals surface area (Å²) in [6, 6.07) is 16.9. The van der Waals surface area contributed by atoms with E-state index in [9.17, 15) is 14.4 Å². The molecule has 1 atom stereocenters. The Morgan fingerprint density at radius 2 is 1.85 bits per heavy atom. The summed E-state index contributed by atoms with van der Waals surface area (Å²) in [5.74, 6) is 0.662. The Morgan fingerprint density at radius 3 is 2.55 bits per heavy atom. The number of carbonyl (C=O) groups is 2. The highest BCUT2D eigenvalue weighted by molar-refractivity contribution is 7.07. The van der Waals surface area contributed by atoms with Gasteiger partial charge in [0.15, 0.2) is 4.80 Å². The van der Waals surface area contributed by atoms with E-state index in [2.05, 4.69) is 4.99 Å². The van der Waals surface area contributed by atoms with Gasteiger partial charge < -0.3 is 18.6 Å². The number of rotatable bonds is 7. The normalized spacial score (nSPS) is 14.9. The topological polar surface area (TPSA) is 109 Å². The van der Waals surface area contributed by atoms with E-state index in [1.807, 2.05) is 18.2 Å².